The number of hydrogen-bond acceptors (Lipinski definition) is 4. The van der Waals surface area contributed by atoms with Gasteiger partial charge in [0.15, 0.2) is 0 Å². The van der Waals surface area contributed by atoms with Crippen molar-refractivity contribution in [1.29, 1.82) is 0 Å². The van der Waals surface area contributed by atoms with Crippen molar-refractivity contribution in [2.24, 2.45) is 5.10 Å². The maximum absolute atomic E-state index is 11.7. The van der Waals surface area contributed by atoms with E-state index in [0.29, 0.717) is 10.7 Å². The largest absolute Gasteiger partial charge is 0.296 e. The highest BCUT2D eigenvalue weighted by Gasteiger charge is 2.00. The monoisotopic (exact) mass is 280 g/mol. The van der Waals surface area contributed by atoms with Crippen LogP contribution in [0.1, 0.15) is 11.3 Å². The Balaban J connectivity index is 2.41. The first-order valence-corrected chi connectivity index (χ1v) is 5.85. The molecule has 0 saturated carbocycles. The zero-order chi connectivity index (χ0) is 13.1. The average molecular weight is 281 g/mol. The highest BCUT2D eigenvalue weighted by Crippen LogP contribution is 2.07. The van der Waals surface area contributed by atoms with Crippen molar-refractivity contribution in [3.63, 3.8) is 0 Å². The number of aryl methyl sites for hydroxylation is 1. The van der Waals surface area contributed by atoms with Crippen LogP contribution >= 0.6 is 23.8 Å². The molecular formula is C11H9ClN4OS. The molecule has 0 aliphatic heterocycles. The summed E-state index contributed by atoms with van der Waals surface area (Å²) < 4.78 is 1.24. The summed E-state index contributed by atoms with van der Waals surface area (Å²) in [6.45, 7) is 1.59. The number of halogens is 1. The van der Waals surface area contributed by atoms with Crippen LogP contribution in [0.15, 0.2) is 34.2 Å². The van der Waals surface area contributed by atoms with Crippen LogP contribution in [0.4, 0.5) is 0 Å². The standard InChI is InChI=1S/C11H9ClN4OS/c1-7-10(17)16(11(18)15-14-7)13-6-8-2-4-9(12)5-3-8/h2-6H,1H3,(H,15,18)/b13-6+. The van der Waals surface area contributed by atoms with Gasteiger partial charge in [0.25, 0.3) is 5.56 Å². The van der Waals surface area contributed by atoms with Crippen LogP contribution in [-0.4, -0.2) is 21.1 Å². The summed E-state index contributed by atoms with van der Waals surface area (Å²) in [6.07, 6.45) is 1.53. The van der Waals surface area contributed by atoms with E-state index in [-0.39, 0.29) is 10.3 Å². The molecule has 18 heavy (non-hydrogen) atoms. The minimum absolute atomic E-state index is 0.149. The van der Waals surface area contributed by atoms with Gasteiger partial charge in [0, 0.05) is 5.02 Å². The third kappa shape index (κ3) is 2.72. The van der Waals surface area contributed by atoms with E-state index < -0.39 is 0 Å². The van der Waals surface area contributed by atoms with Crippen LogP contribution < -0.4 is 5.56 Å². The lowest BCUT2D eigenvalue weighted by Gasteiger charge is -1.99. The predicted octanol–water partition coefficient (Wildman–Crippen LogP) is 2.14. The van der Waals surface area contributed by atoms with Gasteiger partial charge < -0.3 is 0 Å². The van der Waals surface area contributed by atoms with Crippen molar-refractivity contribution in [3.05, 3.63) is 55.7 Å². The van der Waals surface area contributed by atoms with Crippen molar-refractivity contribution >= 4 is 30.0 Å². The first-order valence-electron chi connectivity index (χ1n) is 5.06. The summed E-state index contributed by atoms with van der Waals surface area (Å²) in [7, 11) is 0. The summed E-state index contributed by atoms with van der Waals surface area (Å²) in [4.78, 5) is 11.7. The number of hydrogen-bond donors (Lipinski definition) is 1. The molecule has 2 aromatic rings. The van der Waals surface area contributed by atoms with Crippen LogP contribution in [0.25, 0.3) is 0 Å². The van der Waals surface area contributed by atoms with Gasteiger partial charge in [-0.3, -0.25) is 9.89 Å². The molecule has 0 atom stereocenters. The average Bonchev–Trinajstić information content (AvgIpc) is 2.36. The highest BCUT2D eigenvalue weighted by atomic mass is 35.5. The Kier molecular flexibility index (Phi) is 3.69. The van der Waals surface area contributed by atoms with Crippen LogP contribution in [0, 0.1) is 11.7 Å². The molecule has 0 spiro atoms. The van der Waals surface area contributed by atoms with E-state index in [0.717, 1.165) is 10.2 Å². The number of H-pyrrole nitrogens is 1. The maximum Gasteiger partial charge on any atom is 0.296 e. The second-order valence-electron chi connectivity index (χ2n) is 3.53. The van der Waals surface area contributed by atoms with E-state index in [1.165, 1.54) is 6.21 Å². The number of benzene rings is 1. The number of nitrogens with one attached hydrogen (secondary N) is 1. The number of nitrogens with zero attached hydrogens (tertiary/aromatic N) is 3. The van der Waals surface area contributed by atoms with Gasteiger partial charge in [-0.25, -0.2) is 0 Å². The van der Waals surface area contributed by atoms with Gasteiger partial charge in [-0.1, -0.05) is 23.7 Å². The molecule has 0 saturated heterocycles. The van der Waals surface area contributed by atoms with Gasteiger partial charge in [0.2, 0.25) is 4.77 Å². The maximum atomic E-state index is 11.7. The molecule has 0 aliphatic carbocycles. The summed E-state index contributed by atoms with van der Waals surface area (Å²) in [6, 6.07) is 7.06. The fourth-order valence-corrected chi connectivity index (χ4v) is 1.55. The molecule has 0 unspecified atom stereocenters. The van der Waals surface area contributed by atoms with Gasteiger partial charge >= 0.3 is 0 Å². The minimum Gasteiger partial charge on any atom is -0.265 e. The summed E-state index contributed by atoms with van der Waals surface area (Å²) >= 11 is 10.7. The topological polar surface area (TPSA) is 63.0 Å². The van der Waals surface area contributed by atoms with Crippen molar-refractivity contribution in [3.8, 4) is 0 Å². The van der Waals surface area contributed by atoms with E-state index in [1.807, 2.05) is 0 Å². The van der Waals surface area contributed by atoms with Crippen LogP contribution in [0.5, 0.6) is 0 Å². The lowest BCUT2D eigenvalue weighted by Crippen LogP contribution is -2.22. The van der Waals surface area contributed by atoms with Gasteiger partial charge in [0.05, 0.1) is 6.21 Å². The van der Waals surface area contributed by atoms with Crippen molar-refractivity contribution in [2.45, 2.75) is 6.92 Å². The second kappa shape index (κ2) is 5.24. The van der Waals surface area contributed by atoms with Gasteiger partial charge in [0.1, 0.15) is 5.69 Å². The lowest BCUT2D eigenvalue weighted by molar-refractivity contribution is 0.720. The smallest absolute Gasteiger partial charge is 0.265 e. The SMILES string of the molecule is Cc1n[nH]c(=S)n(/N=C/c2ccc(Cl)cc2)c1=O. The van der Waals surface area contributed by atoms with Crippen LogP contribution in [0.2, 0.25) is 5.02 Å². The van der Waals surface area contributed by atoms with E-state index in [1.54, 1.807) is 31.2 Å². The molecule has 1 aromatic heterocycles. The normalized spacial score (nSPS) is 11.0. The minimum atomic E-state index is -0.344. The number of aromatic nitrogens is 3. The summed E-state index contributed by atoms with van der Waals surface area (Å²) in [5.74, 6) is 0. The van der Waals surface area contributed by atoms with Crippen molar-refractivity contribution < 1.29 is 0 Å². The molecule has 0 radical (unpaired) electrons. The van der Waals surface area contributed by atoms with E-state index in [9.17, 15) is 4.79 Å². The van der Waals surface area contributed by atoms with Crippen LogP contribution in [-0.2, 0) is 0 Å². The summed E-state index contributed by atoms with van der Waals surface area (Å²) in [5, 5.41) is 11.0. The Morgan fingerprint density at radius 2 is 2.11 bits per heavy atom. The molecule has 0 fully saturated rings. The molecule has 7 heteroatoms. The summed E-state index contributed by atoms with van der Waals surface area (Å²) in [5.41, 5.74) is 0.774. The van der Waals surface area contributed by atoms with Crippen molar-refractivity contribution in [2.75, 3.05) is 0 Å². The molecule has 5 nitrogen and oxygen atoms in total. The second-order valence-corrected chi connectivity index (χ2v) is 4.35. The Bertz CT molecular complexity index is 702. The van der Waals surface area contributed by atoms with Gasteiger partial charge in [-0.05, 0) is 36.8 Å². The Labute approximate surface area is 113 Å². The molecule has 92 valence electrons. The third-order valence-electron chi connectivity index (χ3n) is 2.21. The number of rotatable bonds is 2. The van der Waals surface area contributed by atoms with E-state index >= 15 is 0 Å². The molecule has 2 rings (SSSR count). The van der Waals surface area contributed by atoms with Crippen LogP contribution in [0.3, 0.4) is 0 Å². The number of aromatic amines is 1. The van der Waals surface area contributed by atoms with Gasteiger partial charge in [-0.2, -0.15) is 14.9 Å². The van der Waals surface area contributed by atoms with E-state index in [2.05, 4.69) is 15.3 Å². The Morgan fingerprint density at radius 1 is 1.44 bits per heavy atom. The molecule has 1 heterocycles. The zero-order valence-electron chi connectivity index (χ0n) is 9.42. The zero-order valence-corrected chi connectivity index (χ0v) is 11.0. The molecule has 0 bridgehead atoms. The quantitative estimate of drug-likeness (QED) is 0.677. The molecule has 1 aromatic carbocycles. The lowest BCUT2D eigenvalue weighted by atomic mass is 10.2. The highest BCUT2D eigenvalue weighted by molar-refractivity contribution is 7.71. The van der Waals surface area contributed by atoms with Crippen molar-refractivity contribution in [1.82, 2.24) is 14.9 Å². The first-order chi connectivity index (χ1) is 8.58. The Hall–Kier alpha value is -1.79. The molecule has 1 N–H and O–H groups in total. The molecule has 0 aliphatic rings. The molecule has 0 amide bonds. The van der Waals surface area contributed by atoms with E-state index in [4.69, 9.17) is 23.8 Å². The molecular weight excluding hydrogens is 272 g/mol. The van der Waals surface area contributed by atoms with Gasteiger partial charge in [-0.15, -0.1) is 0 Å². The fraction of sp³-hybridized carbons (Fsp3) is 0.0909. The Morgan fingerprint density at radius 3 is 2.78 bits per heavy atom. The predicted molar refractivity (Wildman–Crippen MR) is 72.9 cm³/mol. The fourth-order valence-electron chi connectivity index (χ4n) is 1.25. The first kappa shape index (κ1) is 12.7. The third-order valence-corrected chi connectivity index (χ3v) is 2.72.